The third-order valence-corrected chi connectivity index (χ3v) is 4.92. The predicted molar refractivity (Wildman–Crippen MR) is 93.2 cm³/mol. The first-order valence-electron chi connectivity index (χ1n) is 8.77. The molecule has 0 saturated carbocycles. The smallest absolute Gasteiger partial charge is 0.255 e. The molecule has 0 radical (unpaired) electrons. The van der Waals surface area contributed by atoms with E-state index in [2.05, 4.69) is 5.32 Å². The number of benzene rings is 2. The Labute approximate surface area is 159 Å². The van der Waals surface area contributed by atoms with Crippen molar-refractivity contribution < 1.29 is 27.9 Å². The largest absolute Gasteiger partial charge is 0.489 e. The Hall–Kier alpha value is -3.29. The molecule has 3 amide bonds. The number of halogens is 2. The van der Waals surface area contributed by atoms with Gasteiger partial charge in [-0.05, 0) is 36.2 Å². The molecule has 28 heavy (non-hydrogen) atoms. The number of nitrogens with zero attached hydrogens (tertiary/aromatic N) is 1. The Morgan fingerprint density at radius 1 is 1.11 bits per heavy atom. The molecule has 1 fully saturated rings. The highest BCUT2D eigenvalue weighted by Crippen LogP contribution is 2.33. The number of carbonyl (C=O) groups is 3. The van der Waals surface area contributed by atoms with E-state index in [0.29, 0.717) is 22.4 Å². The molecule has 144 valence electrons. The van der Waals surface area contributed by atoms with E-state index < -0.39 is 23.6 Å². The average molecular weight is 386 g/mol. The molecule has 2 heterocycles. The molecule has 4 rings (SSSR count). The number of ether oxygens (including phenoxy) is 1. The van der Waals surface area contributed by atoms with Gasteiger partial charge < -0.3 is 9.64 Å². The maximum atomic E-state index is 13.4. The first-order valence-corrected chi connectivity index (χ1v) is 8.77. The van der Waals surface area contributed by atoms with Gasteiger partial charge in [-0.3, -0.25) is 19.7 Å². The number of carbonyl (C=O) groups excluding carboxylic acids is 3. The van der Waals surface area contributed by atoms with Crippen LogP contribution in [0.3, 0.4) is 0 Å². The highest BCUT2D eigenvalue weighted by Gasteiger charge is 2.40. The quantitative estimate of drug-likeness (QED) is 0.819. The average Bonchev–Trinajstić information content (AvgIpc) is 3.00. The fraction of sp³-hybridized carbons (Fsp3) is 0.250. The summed E-state index contributed by atoms with van der Waals surface area (Å²) < 4.78 is 32.1. The molecule has 2 aromatic carbocycles. The van der Waals surface area contributed by atoms with Crippen LogP contribution in [0.15, 0.2) is 36.4 Å². The topological polar surface area (TPSA) is 75.7 Å². The van der Waals surface area contributed by atoms with E-state index in [-0.39, 0.29) is 37.8 Å². The molecular formula is C20H16F2N2O4. The third kappa shape index (κ3) is 3.21. The van der Waals surface area contributed by atoms with E-state index in [1.165, 1.54) is 11.0 Å². The van der Waals surface area contributed by atoms with Crippen molar-refractivity contribution in [1.29, 1.82) is 0 Å². The summed E-state index contributed by atoms with van der Waals surface area (Å²) in [5.74, 6) is -2.59. The Kier molecular flexibility index (Phi) is 4.54. The van der Waals surface area contributed by atoms with Gasteiger partial charge in [0.15, 0.2) is 11.6 Å². The van der Waals surface area contributed by atoms with E-state index in [4.69, 9.17) is 4.74 Å². The molecule has 0 spiro atoms. The van der Waals surface area contributed by atoms with Gasteiger partial charge in [0.1, 0.15) is 18.4 Å². The minimum absolute atomic E-state index is 0.000258. The van der Waals surface area contributed by atoms with Crippen molar-refractivity contribution in [1.82, 2.24) is 10.2 Å². The molecule has 1 saturated heterocycles. The second-order valence-electron chi connectivity index (χ2n) is 6.72. The van der Waals surface area contributed by atoms with Crippen LogP contribution in [0.1, 0.15) is 34.3 Å². The van der Waals surface area contributed by atoms with Crippen molar-refractivity contribution >= 4 is 17.7 Å². The van der Waals surface area contributed by atoms with Gasteiger partial charge in [-0.1, -0.05) is 12.1 Å². The van der Waals surface area contributed by atoms with E-state index in [9.17, 15) is 23.2 Å². The van der Waals surface area contributed by atoms with Crippen molar-refractivity contribution in [2.75, 3.05) is 0 Å². The minimum atomic E-state index is -0.960. The van der Waals surface area contributed by atoms with Crippen LogP contribution in [-0.2, 0) is 22.7 Å². The Bertz CT molecular complexity index is 992. The Balaban J connectivity index is 1.53. The van der Waals surface area contributed by atoms with E-state index >= 15 is 0 Å². The van der Waals surface area contributed by atoms with Crippen LogP contribution >= 0.6 is 0 Å². The zero-order chi connectivity index (χ0) is 19.8. The molecule has 1 unspecified atom stereocenters. The second-order valence-corrected chi connectivity index (χ2v) is 6.72. The van der Waals surface area contributed by atoms with Crippen LogP contribution in [0.2, 0.25) is 0 Å². The molecule has 1 atom stereocenters. The second kappa shape index (κ2) is 7.03. The summed E-state index contributed by atoms with van der Waals surface area (Å²) in [5, 5.41) is 2.26. The number of piperidine rings is 1. The number of nitrogens with one attached hydrogen (secondary N) is 1. The maximum absolute atomic E-state index is 13.4. The van der Waals surface area contributed by atoms with Crippen molar-refractivity contribution in [3.8, 4) is 5.75 Å². The SMILES string of the molecule is O=C1CCC(N2Cc3c(OCc4ccc(F)c(F)c4)cccc3C2=O)C(=O)N1. The molecule has 6 nitrogen and oxygen atoms in total. The molecule has 2 aliphatic heterocycles. The summed E-state index contributed by atoms with van der Waals surface area (Å²) in [5.41, 5.74) is 1.50. The molecule has 0 aliphatic carbocycles. The van der Waals surface area contributed by atoms with Crippen LogP contribution in [0.5, 0.6) is 5.75 Å². The fourth-order valence-corrected chi connectivity index (χ4v) is 3.48. The fourth-order valence-electron chi connectivity index (χ4n) is 3.48. The van der Waals surface area contributed by atoms with Crippen LogP contribution < -0.4 is 10.1 Å². The highest BCUT2D eigenvalue weighted by molar-refractivity contribution is 6.05. The first kappa shape index (κ1) is 18.1. The van der Waals surface area contributed by atoms with Crippen molar-refractivity contribution in [3.63, 3.8) is 0 Å². The number of fused-ring (bicyclic) bond motifs is 1. The summed E-state index contributed by atoms with van der Waals surface area (Å²) in [6.07, 6.45) is 0.450. The molecule has 2 aliphatic rings. The molecule has 8 heteroatoms. The Morgan fingerprint density at radius 2 is 1.93 bits per heavy atom. The number of hydrogen-bond acceptors (Lipinski definition) is 4. The van der Waals surface area contributed by atoms with Gasteiger partial charge in [-0.25, -0.2) is 8.78 Å². The standard InChI is InChI=1S/C20H16F2N2O4/c21-14-5-4-11(8-15(14)22)10-28-17-3-1-2-12-13(17)9-24(20(12)27)16-6-7-18(25)23-19(16)26/h1-5,8,16H,6-7,9-10H2,(H,23,25,26). The van der Waals surface area contributed by atoms with E-state index in [0.717, 1.165) is 12.1 Å². The summed E-state index contributed by atoms with van der Waals surface area (Å²) in [4.78, 5) is 37.6. The third-order valence-electron chi connectivity index (χ3n) is 4.92. The number of hydrogen-bond donors (Lipinski definition) is 1. The minimum Gasteiger partial charge on any atom is -0.489 e. The van der Waals surface area contributed by atoms with Crippen molar-refractivity contribution in [2.45, 2.75) is 32.0 Å². The molecular weight excluding hydrogens is 370 g/mol. The Morgan fingerprint density at radius 3 is 2.68 bits per heavy atom. The maximum Gasteiger partial charge on any atom is 0.255 e. The highest BCUT2D eigenvalue weighted by atomic mass is 19.2. The predicted octanol–water partition coefficient (Wildman–Crippen LogP) is 2.30. The lowest BCUT2D eigenvalue weighted by Crippen LogP contribution is -2.52. The lowest BCUT2D eigenvalue weighted by molar-refractivity contribution is -0.136. The van der Waals surface area contributed by atoms with Crippen molar-refractivity contribution in [2.24, 2.45) is 0 Å². The van der Waals surface area contributed by atoms with Crippen LogP contribution in [-0.4, -0.2) is 28.7 Å². The van der Waals surface area contributed by atoms with Crippen LogP contribution in [0.4, 0.5) is 8.78 Å². The van der Waals surface area contributed by atoms with Gasteiger partial charge in [0, 0.05) is 17.5 Å². The van der Waals surface area contributed by atoms with Gasteiger partial charge >= 0.3 is 0 Å². The summed E-state index contributed by atoms with van der Waals surface area (Å²) in [7, 11) is 0. The molecule has 0 aromatic heterocycles. The van der Waals surface area contributed by atoms with Crippen LogP contribution in [0.25, 0.3) is 0 Å². The van der Waals surface area contributed by atoms with E-state index in [1.54, 1.807) is 18.2 Å². The summed E-state index contributed by atoms with van der Waals surface area (Å²) in [6.45, 7) is 0.175. The zero-order valence-corrected chi connectivity index (χ0v) is 14.7. The molecule has 1 N–H and O–H groups in total. The van der Waals surface area contributed by atoms with Gasteiger partial charge in [-0.2, -0.15) is 0 Å². The summed E-state index contributed by atoms with van der Waals surface area (Å²) >= 11 is 0. The van der Waals surface area contributed by atoms with Gasteiger partial charge in [0.05, 0.1) is 6.54 Å². The van der Waals surface area contributed by atoms with Crippen molar-refractivity contribution in [3.05, 3.63) is 64.7 Å². The van der Waals surface area contributed by atoms with Gasteiger partial charge in [0.2, 0.25) is 11.8 Å². The monoisotopic (exact) mass is 386 g/mol. The number of rotatable bonds is 4. The van der Waals surface area contributed by atoms with E-state index in [1.807, 2.05) is 0 Å². The zero-order valence-electron chi connectivity index (χ0n) is 14.7. The lowest BCUT2D eigenvalue weighted by Gasteiger charge is -2.29. The molecule has 0 bridgehead atoms. The first-order chi connectivity index (χ1) is 13.4. The lowest BCUT2D eigenvalue weighted by atomic mass is 10.0. The number of imide groups is 1. The molecule has 2 aromatic rings. The summed E-state index contributed by atoms with van der Waals surface area (Å²) in [6, 6.07) is 7.77. The normalized spacial score (nSPS) is 18.9. The van der Waals surface area contributed by atoms with Crippen LogP contribution in [0, 0.1) is 11.6 Å². The van der Waals surface area contributed by atoms with Gasteiger partial charge in [0.25, 0.3) is 5.91 Å². The van der Waals surface area contributed by atoms with Gasteiger partial charge in [-0.15, -0.1) is 0 Å². The number of amides is 3.